The molecule has 0 aliphatic heterocycles. The maximum atomic E-state index is 12.5. The van der Waals surface area contributed by atoms with Crippen molar-refractivity contribution < 1.29 is 14.3 Å². The van der Waals surface area contributed by atoms with E-state index < -0.39 is 0 Å². The zero-order chi connectivity index (χ0) is 18.7. The van der Waals surface area contributed by atoms with Crippen LogP contribution in [0.25, 0.3) is 10.9 Å². The number of methoxy groups -OCH3 is 2. The number of rotatable bonds is 5. The third kappa shape index (κ3) is 3.73. The molecule has 1 N–H and O–H groups in total. The van der Waals surface area contributed by atoms with E-state index in [0.29, 0.717) is 28.6 Å². The van der Waals surface area contributed by atoms with E-state index in [9.17, 15) is 4.79 Å². The van der Waals surface area contributed by atoms with Gasteiger partial charge >= 0.3 is 0 Å². The van der Waals surface area contributed by atoms with E-state index in [4.69, 9.17) is 21.1 Å². The van der Waals surface area contributed by atoms with Gasteiger partial charge in [0.2, 0.25) is 0 Å². The molecule has 5 nitrogen and oxygen atoms in total. The fraction of sp³-hybridized carbons (Fsp3) is 0.200. The Kier molecular flexibility index (Phi) is 5.28. The number of hydrogen-bond acceptors (Lipinski definition) is 4. The lowest BCUT2D eigenvalue weighted by Gasteiger charge is -2.12. The van der Waals surface area contributed by atoms with E-state index in [1.165, 1.54) is 0 Å². The topological polar surface area (TPSA) is 60.5 Å². The van der Waals surface area contributed by atoms with Gasteiger partial charge < -0.3 is 14.8 Å². The number of aryl methyl sites for hydroxylation is 1. The minimum Gasteiger partial charge on any atom is -0.497 e. The summed E-state index contributed by atoms with van der Waals surface area (Å²) in [7, 11) is 3.18. The van der Waals surface area contributed by atoms with Crippen LogP contribution in [0.2, 0.25) is 5.02 Å². The zero-order valence-corrected chi connectivity index (χ0v) is 15.6. The smallest absolute Gasteiger partial charge is 0.251 e. The number of aromatic nitrogens is 1. The molecule has 3 rings (SSSR count). The number of pyridine rings is 1. The molecule has 0 saturated heterocycles. The van der Waals surface area contributed by atoms with Gasteiger partial charge in [-0.25, -0.2) is 0 Å². The average molecular weight is 371 g/mol. The van der Waals surface area contributed by atoms with Gasteiger partial charge in [-0.15, -0.1) is 0 Å². The largest absolute Gasteiger partial charge is 0.497 e. The number of halogens is 1. The van der Waals surface area contributed by atoms with Crippen LogP contribution in [0.1, 0.15) is 21.6 Å². The van der Waals surface area contributed by atoms with Crippen molar-refractivity contribution in [2.24, 2.45) is 0 Å². The quantitative estimate of drug-likeness (QED) is 0.733. The highest BCUT2D eigenvalue weighted by Crippen LogP contribution is 2.26. The molecule has 0 spiro atoms. The zero-order valence-electron chi connectivity index (χ0n) is 14.8. The monoisotopic (exact) mass is 370 g/mol. The highest BCUT2D eigenvalue weighted by molar-refractivity contribution is 6.35. The Morgan fingerprint density at radius 2 is 1.92 bits per heavy atom. The van der Waals surface area contributed by atoms with Gasteiger partial charge in [-0.2, -0.15) is 0 Å². The highest BCUT2D eigenvalue weighted by atomic mass is 35.5. The van der Waals surface area contributed by atoms with Crippen LogP contribution >= 0.6 is 11.6 Å². The Balaban J connectivity index is 1.79. The predicted octanol–water partition coefficient (Wildman–Crippen LogP) is 4.14. The fourth-order valence-corrected chi connectivity index (χ4v) is 3.03. The maximum Gasteiger partial charge on any atom is 0.251 e. The normalized spacial score (nSPS) is 10.6. The first kappa shape index (κ1) is 18.0. The molecule has 0 radical (unpaired) electrons. The molecule has 0 aliphatic carbocycles. The lowest BCUT2D eigenvalue weighted by molar-refractivity contribution is 0.0951. The molecule has 0 bridgehead atoms. The van der Waals surface area contributed by atoms with Gasteiger partial charge in [-0.1, -0.05) is 11.6 Å². The second kappa shape index (κ2) is 7.62. The third-order valence-electron chi connectivity index (χ3n) is 4.08. The van der Waals surface area contributed by atoms with Gasteiger partial charge in [-0.3, -0.25) is 9.78 Å². The van der Waals surface area contributed by atoms with Crippen molar-refractivity contribution in [1.82, 2.24) is 10.3 Å². The third-order valence-corrected chi connectivity index (χ3v) is 4.39. The first-order chi connectivity index (χ1) is 12.5. The van der Waals surface area contributed by atoms with Crippen LogP contribution in [0.4, 0.5) is 0 Å². The summed E-state index contributed by atoms with van der Waals surface area (Å²) in [6, 6.07) is 12.6. The van der Waals surface area contributed by atoms with Crippen molar-refractivity contribution in [2.75, 3.05) is 14.2 Å². The fourth-order valence-electron chi connectivity index (χ4n) is 2.72. The van der Waals surface area contributed by atoms with Crippen molar-refractivity contribution in [3.05, 3.63) is 64.3 Å². The minimum atomic E-state index is -0.193. The van der Waals surface area contributed by atoms with Crippen molar-refractivity contribution in [3.8, 4) is 11.5 Å². The lowest BCUT2D eigenvalue weighted by atomic mass is 10.1. The molecular formula is C20H19ClN2O3. The number of benzene rings is 2. The summed E-state index contributed by atoms with van der Waals surface area (Å²) in [6.07, 6.45) is 0. The van der Waals surface area contributed by atoms with Crippen molar-refractivity contribution in [1.29, 1.82) is 0 Å². The summed E-state index contributed by atoms with van der Waals surface area (Å²) in [5, 5.41) is 4.24. The molecule has 134 valence electrons. The van der Waals surface area contributed by atoms with E-state index in [2.05, 4.69) is 10.3 Å². The summed E-state index contributed by atoms with van der Waals surface area (Å²) >= 11 is 6.28. The molecule has 3 aromatic rings. The molecule has 0 unspecified atom stereocenters. The Hall–Kier alpha value is -2.79. The second-order valence-electron chi connectivity index (χ2n) is 5.84. The van der Waals surface area contributed by atoms with Gasteiger partial charge in [0.05, 0.1) is 24.8 Å². The molecule has 6 heteroatoms. The van der Waals surface area contributed by atoms with Gasteiger partial charge in [0.25, 0.3) is 5.91 Å². The van der Waals surface area contributed by atoms with Crippen LogP contribution in [0, 0.1) is 6.92 Å². The lowest BCUT2D eigenvalue weighted by Crippen LogP contribution is -2.23. The Bertz CT molecular complexity index is 973. The molecule has 26 heavy (non-hydrogen) atoms. The Morgan fingerprint density at radius 1 is 1.12 bits per heavy atom. The van der Waals surface area contributed by atoms with Crippen LogP contribution in [-0.4, -0.2) is 25.1 Å². The minimum absolute atomic E-state index is 0.193. The SMILES string of the molecule is COc1ccc(CNC(=O)c2ccc3nc(C)cc(Cl)c3c2)c(OC)c1. The number of carbonyl (C=O) groups is 1. The summed E-state index contributed by atoms with van der Waals surface area (Å²) in [5.74, 6) is 1.16. The van der Waals surface area contributed by atoms with E-state index >= 15 is 0 Å². The molecule has 0 aliphatic rings. The molecule has 1 amide bonds. The number of hydrogen-bond donors (Lipinski definition) is 1. The first-order valence-electron chi connectivity index (χ1n) is 8.08. The molecular weight excluding hydrogens is 352 g/mol. The Labute approximate surface area is 156 Å². The maximum absolute atomic E-state index is 12.5. The highest BCUT2D eigenvalue weighted by Gasteiger charge is 2.11. The number of nitrogens with zero attached hydrogens (tertiary/aromatic N) is 1. The van der Waals surface area contributed by atoms with Crippen LogP contribution in [-0.2, 0) is 6.54 Å². The van der Waals surface area contributed by atoms with Gasteiger partial charge in [0, 0.05) is 34.8 Å². The van der Waals surface area contributed by atoms with Crippen molar-refractivity contribution in [3.63, 3.8) is 0 Å². The summed E-state index contributed by atoms with van der Waals surface area (Å²) < 4.78 is 10.5. The summed E-state index contributed by atoms with van der Waals surface area (Å²) in [5.41, 5.74) is 2.99. The number of carbonyl (C=O) groups excluding carboxylic acids is 1. The van der Waals surface area contributed by atoms with Crippen LogP contribution in [0.5, 0.6) is 11.5 Å². The van der Waals surface area contributed by atoms with E-state index in [0.717, 1.165) is 22.2 Å². The first-order valence-corrected chi connectivity index (χ1v) is 8.45. The van der Waals surface area contributed by atoms with Crippen LogP contribution < -0.4 is 14.8 Å². The van der Waals surface area contributed by atoms with Crippen LogP contribution in [0.15, 0.2) is 42.5 Å². The second-order valence-corrected chi connectivity index (χ2v) is 6.25. The number of fused-ring (bicyclic) bond motifs is 1. The number of ether oxygens (including phenoxy) is 2. The van der Waals surface area contributed by atoms with Crippen molar-refractivity contribution in [2.45, 2.75) is 13.5 Å². The summed E-state index contributed by atoms with van der Waals surface area (Å²) in [4.78, 5) is 16.9. The number of nitrogens with one attached hydrogen (secondary N) is 1. The molecule has 0 saturated carbocycles. The molecule has 1 heterocycles. The standard InChI is InChI=1S/C20H19ClN2O3/c1-12-8-17(21)16-9-13(5-7-18(16)23-12)20(24)22-11-14-4-6-15(25-2)10-19(14)26-3/h4-10H,11H2,1-3H3,(H,22,24). The molecule has 0 atom stereocenters. The molecule has 1 aromatic heterocycles. The summed E-state index contributed by atoms with van der Waals surface area (Å²) in [6.45, 7) is 2.22. The Morgan fingerprint density at radius 3 is 2.65 bits per heavy atom. The van der Waals surface area contributed by atoms with Crippen LogP contribution in [0.3, 0.4) is 0 Å². The van der Waals surface area contributed by atoms with E-state index in [1.807, 2.05) is 19.1 Å². The molecule has 0 fully saturated rings. The number of amides is 1. The van der Waals surface area contributed by atoms with Gasteiger partial charge in [-0.05, 0) is 43.3 Å². The van der Waals surface area contributed by atoms with E-state index in [1.54, 1.807) is 44.6 Å². The van der Waals surface area contributed by atoms with Crippen molar-refractivity contribution >= 4 is 28.4 Å². The van der Waals surface area contributed by atoms with Gasteiger partial charge in [0.1, 0.15) is 11.5 Å². The van der Waals surface area contributed by atoms with E-state index in [-0.39, 0.29) is 5.91 Å². The predicted molar refractivity (Wildman–Crippen MR) is 102 cm³/mol. The molecule has 2 aromatic carbocycles. The van der Waals surface area contributed by atoms with Gasteiger partial charge in [0.15, 0.2) is 0 Å². The average Bonchev–Trinajstić information content (AvgIpc) is 2.65.